The van der Waals surface area contributed by atoms with E-state index in [0.717, 1.165) is 28.1 Å². The van der Waals surface area contributed by atoms with Crippen LogP contribution in [-0.4, -0.2) is 49.1 Å². The minimum absolute atomic E-state index is 0.524. The SMILES string of the molecule is CC[C@@H](S(C)(C)c1nc2ccccc2[nH]1)S(C)(C)c1nc2ccccc2n1C. The first-order valence-corrected chi connectivity index (χ1v) is 14.6. The molecule has 6 heteroatoms. The van der Waals surface area contributed by atoms with Crippen LogP contribution in [0.2, 0.25) is 0 Å². The van der Waals surface area contributed by atoms with Crippen LogP contribution < -0.4 is 0 Å². The molecule has 0 aliphatic heterocycles. The lowest BCUT2D eigenvalue weighted by atomic mass is 10.3. The molecular weight excluding hydrogens is 384 g/mol. The highest BCUT2D eigenvalue weighted by Gasteiger charge is 2.39. The summed E-state index contributed by atoms with van der Waals surface area (Å²) in [4.78, 5) is 13.7. The van der Waals surface area contributed by atoms with Gasteiger partial charge in [0.2, 0.25) is 0 Å². The standard InChI is InChI=1S/C22H30N4S2/c1-7-20(27(3,4)21-23-16-12-8-9-13-17(16)24-21)28(5,6)22-25-18-14-10-11-15-19(18)26(22)2/h8-15,20H,7H2,1-6H3,(H,23,24)/t20-/m0/s1. The Balaban J connectivity index is 1.82. The number of nitrogens with one attached hydrogen (secondary N) is 1. The van der Waals surface area contributed by atoms with Gasteiger partial charge in [0.05, 0.1) is 22.1 Å². The van der Waals surface area contributed by atoms with E-state index in [1.165, 1.54) is 10.7 Å². The summed E-state index contributed by atoms with van der Waals surface area (Å²) < 4.78 is 2.83. The highest BCUT2D eigenvalue weighted by molar-refractivity contribution is 8.48. The molecule has 2 aromatic heterocycles. The third-order valence-corrected chi connectivity index (χ3v) is 14.4. The monoisotopic (exact) mass is 414 g/mol. The van der Waals surface area contributed by atoms with Crippen LogP contribution in [0.15, 0.2) is 58.8 Å². The van der Waals surface area contributed by atoms with Crippen molar-refractivity contribution < 1.29 is 0 Å². The van der Waals surface area contributed by atoms with Crippen LogP contribution in [-0.2, 0) is 7.05 Å². The maximum absolute atomic E-state index is 5.09. The summed E-state index contributed by atoms with van der Waals surface area (Å²) in [5.74, 6) is 0. The molecule has 2 aromatic carbocycles. The van der Waals surface area contributed by atoms with Crippen molar-refractivity contribution in [2.45, 2.75) is 28.2 Å². The number of hydrogen-bond donors (Lipinski definition) is 1. The zero-order valence-corrected chi connectivity index (χ0v) is 19.2. The summed E-state index contributed by atoms with van der Waals surface area (Å²) in [6.07, 6.45) is 10.8. The Bertz CT molecular complexity index is 1110. The molecule has 0 spiro atoms. The first kappa shape index (κ1) is 19.4. The van der Waals surface area contributed by atoms with Crippen molar-refractivity contribution in [1.29, 1.82) is 0 Å². The van der Waals surface area contributed by atoms with E-state index in [9.17, 15) is 0 Å². The lowest BCUT2D eigenvalue weighted by molar-refractivity contribution is 0.803. The Morgan fingerprint density at radius 3 is 2.18 bits per heavy atom. The number of H-pyrrole nitrogens is 1. The number of aromatic amines is 1. The minimum atomic E-state index is -1.16. The van der Waals surface area contributed by atoms with E-state index in [2.05, 4.69) is 97.1 Å². The number of fused-ring (bicyclic) bond motifs is 2. The fourth-order valence-electron chi connectivity index (χ4n) is 4.45. The molecule has 150 valence electrons. The molecule has 0 aliphatic rings. The van der Waals surface area contributed by atoms with E-state index in [1.807, 2.05) is 0 Å². The molecule has 0 saturated carbocycles. The Kier molecular flexibility index (Phi) is 4.74. The van der Waals surface area contributed by atoms with Crippen molar-refractivity contribution in [1.82, 2.24) is 19.5 Å². The molecule has 1 atom stereocenters. The normalized spacial score (nSPS) is 15.2. The van der Waals surface area contributed by atoms with Crippen LogP contribution in [0.1, 0.15) is 13.3 Å². The number of aryl methyl sites for hydroxylation is 1. The lowest BCUT2D eigenvalue weighted by Gasteiger charge is -2.49. The van der Waals surface area contributed by atoms with Crippen molar-refractivity contribution in [3.63, 3.8) is 0 Å². The summed E-state index contributed by atoms with van der Waals surface area (Å²) in [5.41, 5.74) is 4.49. The van der Waals surface area contributed by atoms with E-state index in [-0.39, 0.29) is 0 Å². The third kappa shape index (κ3) is 2.94. The molecule has 4 rings (SSSR count). The predicted octanol–water partition coefficient (Wildman–Crippen LogP) is 5.73. The fourth-order valence-corrected chi connectivity index (χ4v) is 13.8. The molecule has 0 bridgehead atoms. The summed E-state index contributed by atoms with van der Waals surface area (Å²) in [5, 5.41) is 2.39. The highest BCUT2D eigenvalue weighted by atomic mass is 32.3. The van der Waals surface area contributed by atoms with Crippen LogP contribution in [0.25, 0.3) is 22.1 Å². The molecule has 0 fully saturated rings. The van der Waals surface area contributed by atoms with Gasteiger partial charge in [0.25, 0.3) is 0 Å². The van der Waals surface area contributed by atoms with Gasteiger partial charge in [-0.05, 0) is 55.7 Å². The van der Waals surface area contributed by atoms with Gasteiger partial charge in [-0.15, -0.1) is 0 Å². The van der Waals surface area contributed by atoms with Crippen molar-refractivity contribution in [2.24, 2.45) is 7.05 Å². The first-order valence-electron chi connectivity index (χ1n) is 9.57. The molecule has 4 nitrogen and oxygen atoms in total. The molecule has 4 aromatic rings. The molecule has 0 amide bonds. The lowest BCUT2D eigenvalue weighted by Crippen LogP contribution is -2.25. The first-order chi connectivity index (χ1) is 13.3. The second kappa shape index (κ2) is 6.85. The molecule has 28 heavy (non-hydrogen) atoms. The average Bonchev–Trinajstić information content (AvgIpc) is 3.24. The third-order valence-electron chi connectivity index (χ3n) is 5.73. The molecular formula is C22H30N4S2. The van der Waals surface area contributed by atoms with Crippen LogP contribution in [0.4, 0.5) is 0 Å². The van der Waals surface area contributed by atoms with E-state index >= 15 is 0 Å². The van der Waals surface area contributed by atoms with Crippen molar-refractivity contribution in [3.05, 3.63) is 48.5 Å². The quantitative estimate of drug-likeness (QED) is 0.453. The second-order valence-electron chi connectivity index (χ2n) is 8.15. The molecule has 0 unspecified atom stereocenters. The van der Waals surface area contributed by atoms with Gasteiger partial charge in [0, 0.05) is 11.6 Å². The molecule has 0 aliphatic carbocycles. The van der Waals surface area contributed by atoms with Crippen LogP contribution in [0, 0.1) is 0 Å². The van der Waals surface area contributed by atoms with E-state index in [4.69, 9.17) is 9.97 Å². The topological polar surface area (TPSA) is 46.5 Å². The fraction of sp³-hybridized carbons (Fsp3) is 0.364. The summed E-state index contributed by atoms with van der Waals surface area (Å²) in [7, 11) is -0.152. The Morgan fingerprint density at radius 2 is 1.54 bits per heavy atom. The molecule has 0 radical (unpaired) electrons. The van der Waals surface area contributed by atoms with Gasteiger partial charge >= 0.3 is 0 Å². The Labute approximate surface area is 170 Å². The number of imidazole rings is 2. The number of aromatic nitrogens is 4. The smallest absolute Gasteiger partial charge is 0.151 e. The van der Waals surface area contributed by atoms with Gasteiger partial charge in [-0.3, -0.25) is 0 Å². The number of benzene rings is 2. The van der Waals surface area contributed by atoms with Gasteiger partial charge < -0.3 is 9.55 Å². The van der Waals surface area contributed by atoms with Crippen LogP contribution >= 0.6 is 20.1 Å². The second-order valence-corrected chi connectivity index (χ2v) is 16.0. The van der Waals surface area contributed by atoms with Crippen LogP contribution in [0.3, 0.4) is 0 Å². The maximum atomic E-state index is 5.09. The van der Waals surface area contributed by atoms with Gasteiger partial charge in [-0.1, -0.05) is 31.2 Å². The van der Waals surface area contributed by atoms with E-state index in [1.54, 1.807) is 0 Å². The molecule has 2 heterocycles. The van der Waals surface area contributed by atoms with Gasteiger partial charge in [0.1, 0.15) is 5.16 Å². The Morgan fingerprint density at radius 1 is 0.893 bits per heavy atom. The number of hydrogen-bond acceptors (Lipinski definition) is 2. The molecule has 1 N–H and O–H groups in total. The predicted molar refractivity (Wildman–Crippen MR) is 126 cm³/mol. The van der Waals surface area contributed by atoms with Gasteiger partial charge in [-0.25, -0.2) is 9.97 Å². The van der Waals surface area contributed by atoms with Gasteiger partial charge in [-0.2, -0.15) is 20.1 Å². The number of nitrogens with zero attached hydrogens (tertiary/aromatic N) is 3. The highest BCUT2D eigenvalue weighted by Crippen LogP contribution is 2.69. The summed E-state index contributed by atoms with van der Waals surface area (Å²) >= 11 is 0. The van der Waals surface area contributed by atoms with Crippen molar-refractivity contribution >= 4 is 42.1 Å². The molecule has 0 saturated heterocycles. The van der Waals surface area contributed by atoms with E-state index < -0.39 is 20.1 Å². The van der Waals surface area contributed by atoms with Crippen molar-refractivity contribution in [2.75, 3.05) is 25.0 Å². The zero-order valence-electron chi connectivity index (χ0n) is 17.6. The minimum Gasteiger partial charge on any atom is -0.334 e. The maximum Gasteiger partial charge on any atom is 0.151 e. The van der Waals surface area contributed by atoms with E-state index in [0.29, 0.717) is 4.58 Å². The average molecular weight is 415 g/mol. The van der Waals surface area contributed by atoms with Gasteiger partial charge in [0.15, 0.2) is 5.16 Å². The number of rotatable bonds is 5. The Hall–Kier alpha value is -1.92. The van der Waals surface area contributed by atoms with Crippen molar-refractivity contribution in [3.8, 4) is 0 Å². The number of para-hydroxylation sites is 4. The van der Waals surface area contributed by atoms with Crippen LogP contribution in [0.5, 0.6) is 0 Å². The summed E-state index contributed by atoms with van der Waals surface area (Å²) in [6, 6.07) is 16.8. The summed E-state index contributed by atoms with van der Waals surface area (Å²) in [6.45, 7) is 2.32. The largest absolute Gasteiger partial charge is 0.334 e. The zero-order chi connectivity index (χ0) is 20.1.